The first kappa shape index (κ1) is 21.3. The van der Waals surface area contributed by atoms with Gasteiger partial charge in [-0.05, 0) is 44.4 Å². The van der Waals surface area contributed by atoms with Gasteiger partial charge in [-0.15, -0.1) is 0 Å². The second kappa shape index (κ2) is 10.4. The van der Waals surface area contributed by atoms with Crippen molar-refractivity contribution in [2.24, 2.45) is 0 Å². The normalized spacial score (nSPS) is 15.1. The quantitative estimate of drug-likeness (QED) is 0.382. The van der Waals surface area contributed by atoms with E-state index in [2.05, 4.69) is 36.1 Å². The molecule has 0 N–H and O–H groups in total. The van der Waals surface area contributed by atoms with Crippen LogP contribution in [0.25, 0.3) is 0 Å². The molecule has 0 radical (unpaired) electrons. The molecule has 0 unspecified atom stereocenters. The Balaban J connectivity index is 2.06. The summed E-state index contributed by atoms with van der Waals surface area (Å²) in [5.41, 5.74) is 2.55. The van der Waals surface area contributed by atoms with Crippen molar-refractivity contribution in [1.82, 2.24) is 4.90 Å². The molecule has 0 aromatic heterocycles. The summed E-state index contributed by atoms with van der Waals surface area (Å²) >= 11 is 0. The summed E-state index contributed by atoms with van der Waals surface area (Å²) < 4.78 is 14.6. The second-order valence-electron chi connectivity index (χ2n) is 8.80. The molecule has 0 saturated heterocycles. The van der Waals surface area contributed by atoms with Crippen LogP contribution in [0.5, 0.6) is 0 Å². The molecule has 3 aromatic rings. The lowest BCUT2D eigenvalue weighted by Crippen LogP contribution is -2.34. The van der Waals surface area contributed by atoms with Crippen molar-refractivity contribution in [2.45, 2.75) is 58.3 Å². The maximum absolute atomic E-state index is 13.1. The highest BCUT2D eigenvalue weighted by Gasteiger charge is 2.30. The van der Waals surface area contributed by atoms with Gasteiger partial charge in [0.1, 0.15) is 5.60 Å². The van der Waals surface area contributed by atoms with Crippen molar-refractivity contribution in [3.05, 3.63) is 108 Å². The molecular formula is C28H33NO2. The summed E-state index contributed by atoms with van der Waals surface area (Å²) in [7, 11) is 0. The third-order valence-electron chi connectivity index (χ3n) is 5.19. The Labute approximate surface area is 188 Å². The van der Waals surface area contributed by atoms with Gasteiger partial charge < -0.3 is 4.74 Å². The van der Waals surface area contributed by atoms with E-state index in [1.807, 2.05) is 87.5 Å². The second-order valence-corrected chi connectivity index (χ2v) is 8.80. The zero-order valence-corrected chi connectivity index (χ0v) is 18.9. The Kier molecular flexibility index (Phi) is 7.16. The molecule has 3 aromatic carbocycles. The molecule has 0 amide bonds. The van der Waals surface area contributed by atoms with Crippen molar-refractivity contribution in [3.8, 4) is 0 Å². The topological polar surface area (TPSA) is 29.5 Å². The molecular weight excluding hydrogens is 382 g/mol. The third-order valence-corrected chi connectivity index (χ3v) is 5.19. The molecule has 3 nitrogen and oxygen atoms in total. The fourth-order valence-electron chi connectivity index (χ4n) is 3.69. The van der Waals surface area contributed by atoms with Gasteiger partial charge in [-0.25, -0.2) is 0 Å². The maximum atomic E-state index is 13.1. The van der Waals surface area contributed by atoms with Gasteiger partial charge in [0.05, 0.1) is 6.40 Å². The van der Waals surface area contributed by atoms with Crippen LogP contribution in [0.1, 0.15) is 64.2 Å². The van der Waals surface area contributed by atoms with Crippen molar-refractivity contribution in [1.29, 1.82) is 0 Å². The standard InChI is InChI=1S/C28H33NO2/c1-22(24-16-10-6-11-17-24)29(21-23-14-8-5-9-15-23)26(25-18-12-7-13-19-25)20-27(30)31-28(2,3)4/h5-19,22,26H,20-21H2,1-4H3/t22-,26+/m0/s1/i20D/t20-,22+,26-/m1. The Morgan fingerprint density at radius 2 is 1.35 bits per heavy atom. The van der Waals surface area contributed by atoms with E-state index in [0.717, 1.165) is 16.7 Å². The molecule has 0 aliphatic carbocycles. The predicted molar refractivity (Wildman–Crippen MR) is 126 cm³/mol. The molecule has 31 heavy (non-hydrogen) atoms. The van der Waals surface area contributed by atoms with Crippen LogP contribution in [0.2, 0.25) is 0 Å². The molecule has 3 rings (SSSR count). The summed E-state index contributed by atoms with van der Waals surface area (Å²) in [6.45, 7) is 8.25. The molecule has 0 fully saturated rings. The van der Waals surface area contributed by atoms with E-state index in [1.54, 1.807) is 0 Å². The lowest BCUT2D eigenvalue weighted by molar-refractivity contribution is -0.156. The Hall–Kier alpha value is -2.91. The first-order chi connectivity index (χ1) is 15.3. The predicted octanol–water partition coefficient (Wildman–Crippen LogP) is 6.72. The number of benzene rings is 3. The summed E-state index contributed by atoms with van der Waals surface area (Å²) in [6, 6.07) is 29.8. The van der Waals surface area contributed by atoms with Gasteiger partial charge >= 0.3 is 5.97 Å². The van der Waals surface area contributed by atoms with Gasteiger partial charge in [0.25, 0.3) is 0 Å². The summed E-state index contributed by atoms with van der Waals surface area (Å²) in [6.07, 6.45) is -1.09. The van der Waals surface area contributed by atoms with Crippen molar-refractivity contribution >= 4 is 5.97 Å². The Morgan fingerprint density at radius 1 is 0.871 bits per heavy atom. The highest BCUT2D eigenvalue weighted by Crippen LogP contribution is 2.35. The monoisotopic (exact) mass is 416 g/mol. The van der Waals surface area contributed by atoms with E-state index in [1.165, 1.54) is 0 Å². The minimum absolute atomic E-state index is 0.0168. The SMILES string of the molecule is [2H][C@@H](C(=O)OC(C)(C)C)[C@H](c1ccccc1)N(Cc1ccccc1)[C@@H](C)c1ccccc1. The van der Waals surface area contributed by atoms with E-state index >= 15 is 0 Å². The van der Waals surface area contributed by atoms with Gasteiger partial charge in [0, 0.05) is 20.0 Å². The van der Waals surface area contributed by atoms with Crippen LogP contribution < -0.4 is 0 Å². The Morgan fingerprint density at radius 3 is 1.87 bits per heavy atom. The van der Waals surface area contributed by atoms with E-state index < -0.39 is 24.0 Å². The van der Waals surface area contributed by atoms with Crippen LogP contribution in [0.15, 0.2) is 91.0 Å². The zero-order valence-electron chi connectivity index (χ0n) is 19.9. The van der Waals surface area contributed by atoms with E-state index in [0.29, 0.717) is 6.54 Å². The van der Waals surface area contributed by atoms with Gasteiger partial charge in [-0.3, -0.25) is 9.69 Å². The molecule has 0 bridgehead atoms. The van der Waals surface area contributed by atoms with Crippen molar-refractivity contribution < 1.29 is 10.9 Å². The highest BCUT2D eigenvalue weighted by atomic mass is 16.6. The number of hydrogen-bond acceptors (Lipinski definition) is 3. The average Bonchev–Trinajstić information content (AvgIpc) is 2.79. The fourth-order valence-corrected chi connectivity index (χ4v) is 3.69. The molecule has 3 atom stereocenters. The summed E-state index contributed by atoms with van der Waals surface area (Å²) in [5, 5.41) is 0. The Bertz CT molecular complexity index is 971. The van der Waals surface area contributed by atoms with Crippen LogP contribution in [0, 0.1) is 0 Å². The van der Waals surface area contributed by atoms with Gasteiger partial charge in [0.2, 0.25) is 0 Å². The van der Waals surface area contributed by atoms with Gasteiger partial charge in [0.15, 0.2) is 0 Å². The van der Waals surface area contributed by atoms with E-state index in [4.69, 9.17) is 6.11 Å². The van der Waals surface area contributed by atoms with Crippen LogP contribution in [0.4, 0.5) is 0 Å². The molecule has 162 valence electrons. The summed E-state index contributed by atoms with van der Waals surface area (Å²) in [4.78, 5) is 15.3. The lowest BCUT2D eigenvalue weighted by atomic mass is 9.96. The first-order valence-corrected chi connectivity index (χ1v) is 10.8. The van der Waals surface area contributed by atoms with Crippen LogP contribution in [0.3, 0.4) is 0 Å². The van der Waals surface area contributed by atoms with Crippen molar-refractivity contribution in [2.75, 3.05) is 0 Å². The third kappa shape index (κ3) is 6.80. The molecule has 3 heteroatoms. The molecule has 0 heterocycles. The maximum Gasteiger partial charge on any atom is 0.308 e. The molecule has 0 aliphatic rings. The number of carbonyl (C=O) groups is 1. The number of nitrogens with zero attached hydrogens (tertiary/aromatic N) is 1. The number of carbonyl (C=O) groups excluding carboxylic acids is 1. The number of esters is 1. The van der Waals surface area contributed by atoms with E-state index in [-0.39, 0.29) is 6.04 Å². The van der Waals surface area contributed by atoms with Gasteiger partial charge in [-0.1, -0.05) is 91.0 Å². The molecule has 0 spiro atoms. The first-order valence-electron chi connectivity index (χ1n) is 11.4. The van der Waals surface area contributed by atoms with Gasteiger partial charge in [-0.2, -0.15) is 0 Å². The fraction of sp³-hybridized carbons (Fsp3) is 0.321. The van der Waals surface area contributed by atoms with E-state index in [9.17, 15) is 4.79 Å². The minimum Gasteiger partial charge on any atom is -0.460 e. The summed E-state index contributed by atoms with van der Waals surface area (Å²) in [5.74, 6) is -0.510. The zero-order chi connectivity index (χ0) is 23.1. The van der Waals surface area contributed by atoms with Crippen LogP contribution in [-0.2, 0) is 16.1 Å². The lowest BCUT2D eigenvalue weighted by Gasteiger charge is -2.37. The van der Waals surface area contributed by atoms with Crippen LogP contribution >= 0.6 is 0 Å². The minimum atomic E-state index is -1.09. The molecule has 0 saturated carbocycles. The smallest absolute Gasteiger partial charge is 0.308 e. The average molecular weight is 417 g/mol. The number of rotatable bonds is 8. The highest BCUT2D eigenvalue weighted by molar-refractivity contribution is 5.71. The van der Waals surface area contributed by atoms with Crippen LogP contribution in [-0.4, -0.2) is 16.5 Å². The molecule has 0 aliphatic heterocycles. The largest absolute Gasteiger partial charge is 0.460 e. The van der Waals surface area contributed by atoms with Crippen molar-refractivity contribution in [3.63, 3.8) is 0 Å². The number of hydrogen-bond donors (Lipinski definition) is 0. The number of ether oxygens (including phenoxy) is 1.